The molecule has 0 aliphatic carbocycles. The van der Waals surface area contributed by atoms with Crippen LogP contribution in [0.15, 0.2) is 30.3 Å². The number of fused-ring (bicyclic) bond motifs is 2. The highest BCUT2D eigenvalue weighted by atomic mass is 16.8. The van der Waals surface area contributed by atoms with E-state index in [1.807, 2.05) is 44.2 Å². The molecule has 2 aliphatic rings. The maximum Gasteiger partial charge on any atom is 0.410 e. The van der Waals surface area contributed by atoms with Gasteiger partial charge in [-0.1, -0.05) is 36.8 Å². The Bertz CT molecular complexity index is 564. The predicted octanol–water partition coefficient (Wildman–Crippen LogP) is 3.72. The molecule has 2 saturated heterocycles. The van der Waals surface area contributed by atoms with Crippen LogP contribution in [0.2, 0.25) is 0 Å². The van der Waals surface area contributed by atoms with Crippen LogP contribution in [-0.2, 0) is 20.8 Å². The first kappa shape index (κ1) is 17.2. The lowest BCUT2D eigenvalue weighted by atomic mass is 10.0. The Morgan fingerprint density at radius 2 is 2.08 bits per heavy atom. The number of ether oxygens (including phenoxy) is 3. The van der Waals surface area contributed by atoms with Crippen LogP contribution in [-0.4, -0.2) is 42.1 Å². The zero-order valence-electron chi connectivity index (χ0n) is 14.7. The lowest BCUT2D eigenvalue weighted by molar-refractivity contribution is -0.170. The van der Waals surface area contributed by atoms with E-state index in [0.29, 0.717) is 6.54 Å². The maximum absolute atomic E-state index is 12.4. The fourth-order valence-corrected chi connectivity index (χ4v) is 3.55. The molecule has 0 aromatic heterocycles. The average Bonchev–Trinajstić information content (AvgIpc) is 2.76. The molecule has 2 heterocycles. The van der Waals surface area contributed by atoms with Crippen LogP contribution in [0.3, 0.4) is 0 Å². The van der Waals surface area contributed by atoms with E-state index in [9.17, 15) is 4.79 Å². The summed E-state index contributed by atoms with van der Waals surface area (Å²) in [6, 6.07) is 9.88. The molecule has 4 atom stereocenters. The molecule has 132 valence electrons. The summed E-state index contributed by atoms with van der Waals surface area (Å²) in [4.78, 5) is 13.9. The summed E-state index contributed by atoms with van der Waals surface area (Å²) in [6.07, 6.45) is 3.27. The Balaban J connectivity index is 1.56. The molecule has 0 radical (unpaired) electrons. The monoisotopic (exact) mass is 333 g/mol. The van der Waals surface area contributed by atoms with Gasteiger partial charge in [0.15, 0.2) is 5.79 Å². The summed E-state index contributed by atoms with van der Waals surface area (Å²) in [5, 5.41) is 0. The summed E-state index contributed by atoms with van der Waals surface area (Å²) >= 11 is 0. The first-order valence-electron chi connectivity index (χ1n) is 8.78. The zero-order valence-corrected chi connectivity index (χ0v) is 14.7. The van der Waals surface area contributed by atoms with Gasteiger partial charge in [-0.2, -0.15) is 0 Å². The smallest absolute Gasteiger partial charge is 0.410 e. The summed E-state index contributed by atoms with van der Waals surface area (Å²) in [5.41, 5.74) is 1.07. The number of hydrogen-bond donors (Lipinski definition) is 0. The minimum atomic E-state index is -0.525. The van der Waals surface area contributed by atoms with E-state index in [1.165, 1.54) is 0 Å². The highest BCUT2D eigenvalue weighted by Gasteiger charge is 2.48. The molecular weight excluding hydrogens is 306 g/mol. The van der Waals surface area contributed by atoms with Crippen LogP contribution >= 0.6 is 0 Å². The third-order valence-corrected chi connectivity index (χ3v) is 4.85. The van der Waals surface area contributed by atoms with Crippen molar-refractivity contribution in [3.8, 4) is 0 Å². The van der Waals surface area contributed by atoms with E-state index in [0.717, 1.165) is 31.2 Å². The second-order valence-electron chi connectivity index (χ2n) is 7.05. The van der Waals surface area contributed by atoms with Crippen LogP contribution < -0.4 is 0 Å². The van der Waals surface area contributed by atoms with Crippen LogP contribution in [0.1, 0.15) is 45.1 Å². The first-order valence-corrected chi connectivity index (χ1v) is 8.78. The van der Waals surface area contributed by atoms with Crippen LogP contribution in [0.5, 0.6) is 0 Å². The van der Waals surface area contributed by atoms with Gasteiger partial charge in [0.05, 0.1) is 6.10 Å². The predicted molar refractivity (Wildman–Crippen MR) is 90.5 cm³/mol. The largest absolute Gasteiger partial charge is 0.444 e. The molecule has 2 aliphatic heterocycles. The molecule has 5 heteroatoms. The van der Waals surface area contributed by atoms with Gasteiger partial charge in [-0.15, -0.1) is 0 Å². The number of amides is 1. The Labute approximate surface area is 143 Å². The third-order valence-electron chi connectivity index (χ3n) is 4.85. The Hall–Kier alpha value is -1.59. The van der Waals surface area contributed by atoms with E-state index in [2.05, 4.69) is 0 Å². The number of carbonyl (C=O) groups is 1. The van der Waals surface area contributed by atoms with Crippen molar-refractivity contribution in [1.29, 1.82) is 0 Å². The number of hydrogen-bond acceptors (Lipinski definition) is 4. The van der Waals surface area contributed by atoms with Gasteiger partial charge in [-0.3, -0.25) is 0 Å². The average molecular weight is 333 g/mol. The molecule has 0 N–H and O–H groups in total. The van der Waals surface area contributed by atoms with Crippen molar-refractivity contribution in [2.75, 3.05) is 7.05 Å². The van der Waals surface area contributed by atoms with E-state index >= 15 is 0 Å². The first-order chi connectivity index (χ1) is 11.5. The van der Waals surface area contributed by atoms with Gasteiger partial charge in [-0.05, 0) is 32.3 Å². The van der Waals surface area contributed by atoms with Crippen LogP contribution in [0, 0.1) is 0 Å². The minimum Gasteiger partial charge on any atom is -0.444 e. The van der Waals surface area contributed by atoms with Gasteiger partial charge in [0.1, 0.15) is 12.2 Å². The molecule has 2 bridgehead atoms. The summed E-state index contributed by atoms with van der Waals surface area (Å²) < 4.78 is 17.8. The Kier molecular flexibility index (Phi) is 5.11. The van der Waals surface area contributed by atoms with E-state index in [4.69, 9.17) is 14.2 Å². The molecule has 0 saturated carbocycles. The van der Waals surface area contributed by atoms with Gasteiger partial charge in [0.25, 0.3) is 0 Å². The zero-order chi connectivity index (χ0) is 17.2. The molecule has 3 unspecified atom stereocenters. The molecule has 3 rings (SSSR count). The molecule has 0 spiro atoms. The minimum absolute atomic E-state index is 0.0136. The summed E-state index contributed by atoms with van der Waals surface area (Å²) in [6.45, 7) is 4.40. The Morgan fingerprint density at radius 3 is 2.83 bits per heavy atom. The topological polar surface area (TPSA) is 48.0 Å². The number of rotatable bonds is 4. The number of nitrogens with zero attached hydrogens (tertiary/aromatic N) is 1. The van der Waals surface area contributed by atoms with Crippen molar-refractivity contribution in [3.05, 3.63) is 35.9 Å². The SMILES string of the molecule is CC(OC(=O)N(C)Cc1ccccc1)C1O[C@]2(C)CCCCC1O2. The number of benzene rings is 1. The van der Waals surface area contributed by atoms with Crippen molar-refractivity contribution >= 4 is 6.09 Å². The second-order valence-corrected chi connectivity index (χ2v) is 7.05. The lowest BCUT2D eigenvalue weighted by Crippen LogP contribution is -2.40. The molecular formula is C19H27NO4. The van der Waals surface area contributed by atoms with E-state index in [-0.39, 0.29) is 24.4 Å². The normalized spacial score (nSPS) is 30.5. The third kappa shape index (κ3) is 3.90. The second kappa shape index (κ2) is 7.11. The molecule has 24 heavy (non-hydrogen) atoms. The van der Waals surface area contributed by atoms with Gasteiger partial charge in [0.2, 0.25) is 0 Å². The van der Waals surface area contributed by atoms with Crippen molar-refractivity contribution in [2.24, 2.45) is 0 Å². The van der Waals surface area contributed by atoms with E-state index < -0.39 is 5.79 Å². The summed E-state index contributed by atoms with van der Waals surface area (Å²) in [7, 11) is 1.75. The van der Waals surface area contributed by atoms with Gasteiger partial charge in [0, 0.05) is 20.0 Å². The summed E-state index contributed by atoms with van der Waals surface area (Å²) in [5.74, 6) is -0.525. The standard InChI is InChI=1S/C19H27NO4/c1-14(17-16-11-7-8-12-19(2,23-16)24-17)22-18(21)20(3)13-15-9-5-4-6-10-15/h4-6,9-10,14,16-17H,7-8,11-13H2,1-3H3/t14?,16?,17?,19-/m1/s1. The Morgan fingerprint density at radius 1 is 1.33 bits per heavy atom. The van der Waals surface area contributed by atoms with Gasteiger partial charge >= 0.3 is 6.09 Å². The van der Waals surface area contributed by atoms with Crippen molar-refractivity contribution < 1.29 is 19.0 Å². The van der Waals surface area contributed by atoms with Crippen LogP contribution in [0.25, 0.3) is 0 Å². The van der Waals surface area contributed by atoms with Crippen LogP contribution in [0.4, 0.5) is 4.79 Å². The van der Waals surface area contributed by atoms with Crippen molar-refractivity contribution in [2.45, 2.75) is 70.2 Å². The van der Waals surface area contributed by atoms with Crippen molar-refractivity contribution in [3.63, 3.8) is 0 Å². The highest BCUT2D eigenvalue weighted by molar-refractivity contribution is 5.67. The number of carbonyl (C=O) groups excluding carboxylic acids is 1. The van der Waals surface area contributed by atoms with Gasteiger partial charge in [-0.25, -0.2) is 4.79 Å². The van der Waals surface area contributed by atoms with Gasteiger partial charge < -0.3 is 19.1 Å². The molecule has 5 nitrogen and oxygen atoms in total. The molecule has 1 aromatic rings. The van der Waals surface area contributed by atoms with Crippen molar-refractivity contribution in [1.82, 2.24) is 4.90 Å². The quantitative estimate of drug-likeness (QED) is 0.842. The lowest BCUT2D eigenvalue weighted by Gasteiger charge is -2.28. The highest BCUT2D eigenvalue weighted by Crippen LogP contribution is 2.39. The van der Waals surface area contributed by atoms with E-state index in [1.54, 1.807) is 11.9 Å². The molecule has 2 fully saturated rings. The maximum atomic E-state index is 12.4. The fourth-order valence-electron chi connectivity index (χ4n) is 3.55. The molecule has 1 amide bonds. The fraction of sp³-hybridized carbons (Fsp3) is 0.632. The molecule has 1 aromatic carbocycles.